The Labute approximate surface area is 162 Å². The van der Waals surface area contributed by atoms with Gasteiger partial charge >= 0.3 is 0 Å². The summed E-state index contributed by atoms with van der Waals surface area (Å²) in [7, 11) is 0. The van der Waals surface area contributed by atoms with Crippen LogP contribution in [0, 0.1) is 23.0 Å². The molecule has 0 atom stereocenters. The number of carbonyl (C=O) groups excluding carboxylic acids is 2. The second-order valence-corrected chi connectivity index (χ2v) is 6.95. The third kappa shape index (κ3) is 4.51. The van der Waals surface area contributed by atoms with Gasteiger partial charge in [-0.2, -0.15) is 0 Å². The van der Waals surface area contributed by atoms with Gasteiger partial charge in [-0.1, -0.05) is 6.07 Å². The second kappa shape index (κ2) is 8.60. The molecule has 0 unspecified atom stereocenters. The number of hydrogen-bond donors (Lipinski definition) is 1. The maximum absolute atomic E-state index is 12.4. The lowest BCUT2D eigenvalue weighted by atomic mass is 9.96. The van der Waals surface area contributed by atoms with Gasteiger partial charge in [-0.25, -0.2) is 0 Å². The maximum atomic E-state index is 12.4. The topological polar surface area (TPSA) is 105 Å². The molecule has 1 aliphatic rings. The lowest BCUT2D eigenvalue weighted by Crippen LogP contribution is -2.41. The van der Waals surface area contributed by atoms with Crippen molar-refractivity contribution in [3.05, 3.63) is 69.5 Å². The number of nitrogens with one attached hydrogen (secondary N) is 1. The Morgan fingerprint density at radius 1 is 1.25 bits per heavy atom. The van der Waals surface area contributed by atoms with Crippen molar-refractivity contribution in [2.45, 2.75) is 19.8 Å². The molecule has 146 valence electrons. The van der Waals surface area contributed by atoms with E-state index in [-0.39, 0.29) is 29.0 Å². The Hall–Kier alpha value is -3.29. The number of piperidine rings is 1. The number of amides is 2. The SMILES string of the molecule is Cc1ccc(C(=O)NCC2CCN(C(=O)c3cccnc3)CC2)cc1[N+](=O)[O-]. The Bertz CT molecular complexity index is 877. The summed E-state index contributed by atoms with van der Waals surface area (Å²) in [6.45, 7) is 3.38. The van der Waals surface area contributed by atoms with Crippen LogP contribution in [0.2, 0.25) is 0 Å². The van der Waals surface area contributed by atoms with E-state index in [1.54, 1.807) is 48.5 Å². The molecule has 8 heteroatoms. The van der Waals surface area contributed by atoms with Crippen LogP contribution in [-0.4, -0.2) is 46.3 Å². The van der Waals surface area contributed by atoms with Crippen LogP contribution >= 0.6 is 0 Å². The van der Waals surface area contributed by atoms with Crippen LogP contribution in [-0.2, 0) is 0 Å². The molecule has 3 rings (SSSR count). The summed E-state index contributed by atoms with van der Waals surface area (Å²) in [5.74, 6) is -0.0816. The first-order valence-corrected chi connectivity index (χ1v) is 9.18. The predicted molar refractivity (Wildman–Crippen MR) is 103 cm³/mol. The van der Waals surface area contributed by atoms with Gasteiger partial charge in [0.1, 0.15) is 0 Å². The summed E-state index contributed by atoms with van der Waals surface area (Å²) < 4.78 is 0. The number of likely N-dealkylation sites (tertiary alicyclic amines) is 1. The molecular formula is C20H22N4O4. The number of nitro groups is 1. The van der Waals surface area contributed by atoms with Crippen LogP contribution in [0.25, 0.3) is 0 Å². The molecule has 1 saturated heterocycles. The third-order valence-corrected chi connectivity index (χ3v) is 5.03. The molecule has 0 bridgehead atoms. The van der Waals surface area contributed by atoms with E-state index in [1.807, 2.05) is 0 Å². The highest BCUT2D eigenvalue weighted by molar-refractivity contribution is 5.95. The quantitative estimate of drug-likeness (QED) is 0.632. The van der Waals surface area contributed by atoms with Crippen molar-refractivity contribution in [3.8, 4) is 0 Å². The molecule has 0 aliphatic carbocycles. The van der Waals surface area contributed by atoms with Gasteiger partial charge in [0.25, 0.3) is 17.5 Å². The molecule has 1 aromatic carbocycles. The number of nitrogens with zero attached hydrogens (tertiary/aromatic N) is 3. The molecule has 0 saturated carbocycles. The lowest BCUT2D eigenvalue weighted by Gasteiger charge is -2.32. The lowest BCUT2D eigenvalue weighted by molar-refractivity contribution is -0.385. The van der Waals surface area contributed by atoms with Crippen LogP contribution < -0.4 is 5.32 Å². The van der Waals surface area contributed by atoms with Crippen molar-refractivity contribution in [1.29, 1.82) is 0 Å². The molecule has 1 fully saturated rings. The normalized spacial score (nSPS) is 14.5. The van der Waals surface area contributed by atoms with Crippen LogP contribution in [0.15, 0.2) is 42.7 Å². The largest absolute Gasteiger partial charge is 0.352 e. The highest BCUT2D eigenvalue weighted by Gasteiger charge is 2.24. The van der Waals surface area contributed by atoms with E-state index in [0.29, 0.717) is 30.8 Å². The summed E-state index contributed by atoms with van der Waals surface area (Å²) in [5.41, 5.74) is 1.32. The molecule has 1 N–H and O–H groups in total. The van der Waals surface area contributed by atoms with E-state index < -0.39 is 4.92 Å². The van der Waals surface area contributed by atoms with Gasteiger partial charge in [-0.15, -0.1) is 0 Å². The highest BCUT2D eigenvalue weighted by atomic mass is 16.6. The first-order chi connectivity index (χ1) is 13.5. The third-order valence-electron chi connectivity index (χ3n) is 5.03. The zero-order valence-electron chi connectivity index (χ0n) is 15.6. The molecule has 28 heavy (non-hydrogen) atoms. The van der Waals surface area contributed by atoms with Crippen LogP contribution in [0.3, 0.4) is 0 Å². The molecule has 2 heterocycles. The summed E-state index contributed by atoms with van der Waals surface area (Å²) >= 11 is 0. The monoisotopic (exact) mass is 382 g/mol. The minimum absolute atomic E-state index is 0.0254. The van der Waals surface area contributed by atoms with Gasteiger partial charge in [0.2, 0.25) is 0 Å². The molecule has 2 amide bonds. The van der Waals surface area contributed by atoms with E-state index >= 15 is 0 Å². The van der Waals surface area contributed by atoms with Crippen molar-refractivity contribution >= 4 is 17.5 Å². The number of benzene rings is 1. The Morgan fingerprint density at radius 2 is 2.00 bits per heavy atom. The fourth-order valence-electron chi connectivity index (χ4n) is 3.30. The smallest absolute Gasteiger partial charge is 0.273 e. The summed E-state index contributed by atoms with van der Waals surface area (Å²) in [6, 6.07) is 7.97. The Balaban J connectivity index is 1.50. The number of rotatable bonds is 5. The molecular weight excluding hydrogens is 360 g/mol. The first kappa shape index (κ1) is 19.5. The summed E-state index contributed by atoms with van der Waals surface area (Å²) in [4.78, 5) is 41.1. The van der Waals surface area contributed by atoms with E-state index in [0.717, 1.165) is 12.8 Å². The standard InChI is InChI=1S/C20H22N4O4/c1-14-4-5-16(11-18(14)24(27)28)19(25)22-12-15-6-9-23(10-7-15)20(26)17-3-2-8-21-13-17/h2-5,8,11,13,15H,6-7,9-10,12H2,1H3,(H,22,25). The van der Waals surface area contributed by atoms with Crippen molar-refractivity contribution in [3.63, 3.8) is 0 Å². The zero-order valence-corrected chi connectivity index (χ0v) is 15.6. The van der Waals surface area contributed by atoms with Crippen molar-refractivity contribution in [2.75, 3.05) is 19.6 Å². The van der Waals surface area contributed by atoms with Gasteiger partial charge in [0.05, 0.1) is 10.5 Å². The van der Waals surface area contributed by atoms with Crippen molar-refractivity contribution in [1.82, 2.24) is 15.2 Å². The molecule has 1 aliphatic heterocycles. The van der Waals surface area contributed by atoms with Crippen LogP contribution in [0.5, 0.6) is 0 Å². The fraction of sp³-hybridized carbons (Fsp3) is 0.350. The Morgan fingerprint density at radius 3 is 2.64 bits per heavy atom. The molecule has 0 radical (unpaired) electrons. The van der Waals surface area contributed by atoms with Gasteiger partial charge < -0.3 is 10.2 Å². The number of carbonyl (C=O) groups is 2. The maximum Gasteiger partial charge on any atom is 0.273 e. The predicted octanol–water partition coefficient (Wildman–Crippen LogP) is 2.58. The number of aryl methyl sites for hydroxylation is 1. The minimum atomic E-state index is -0.485. The minimum Gasteiger partial charge on any atom is -0.352 e. The number of nitro benzene ring substituents is 1. The van der Waals surface area contributed by atoms with Crippen LogP contribution in [0.1, 0.15) is 39.1 Å². The Kier molecular flexibility index (Phi) is 5.98. The van der Waals surface area contributed by atoms with Gasteiger partial charge in [-0.05, 0) is 43.9 Å². The van der Waals surface area contributed by atoms with Crippen molar-refractivity contribution < 1.29 is 14.5 Å². The molecule has 1 aromatic heterocycles. The van der Waals surface area contributed by atoms with Gasteiger partial charge in [-0.3, -0.25) is 24.7 Å². The van der Waals surface area contributed by atoms with Gasteiger partial charge in [0.15, 0.2) is 0 Å². The van der Waals surface area contributed by atoms with E-state index in [1.165, 1.54) is 6.07 Å². The first-order valence-electron chi connectivity index (χ1n) is 9.18. The van der Waals surface area contributed by atoms with Crippen LogP contribution in [0.4, 0.5) is 5.69 Å². The summed E-state index contributed by atoms with van der Waals surface area (Å²) in [5, 5.41) is 13.9. The zero-order chi connectivity index (χ0) is 20.1. The van der Waals surface area contributed by atoms with Crippen molar-refractivity contribution in [2.24, 2.45) is 5.92 Å². The second-order valence-electron chi connectivity index (χ2n) is 6.95. The molecule has 2 aromatic rings. The number of pyridine rings is 1. The number of aromatic nitrogens is 1. The fourth-order valence-corrected chi connectivity index (χ4v) is 3.30. The number of hydrogen-bond acceptors (Lipinski definition) is 5. The molecule has 8 nitrogen and oxygen atoms in total. The average molecular weight is 382 g/mol. The van der Waals surface area contributed by atoms with Gasteiger partial charge in [0, 0.05) is 49.2 Å². The van der Waals surface area contributed by atoms with E-state index in [2.05, 4.69) is 10.3 Å². The summed E-state index contributed by atoms with van der Waals surface area (Å²) in [6.07, 6.45) is 4.78. The van der Waals surface area contributed by atoms with E-state index in [4.69, 9.17) is 0 Å². The molecule has 0 spiro atoms. The average Bonchev–Trinajstić information content (AvgIpc) is 2.72. The van der Waals surface area contributed by atoms with E-state index in [9.17, 15) is 19.7 Å². The highest BCUT2D eigenvalue weighted by Crippen LogP contribution is 2.20.